The highest BCUT2D eigenvalue weighted by molar-refractivity contribution is 5.80. The molecule has 1 fully saturated rings. The van der Waals surface area contributed by atoms with Crippen LogP contribution in [0.5, 0.6) is 0 Å². The third-order valence-corrected chi connectivity index (χ3v) is 6.86. The van der Waals surface area contributed by atoms with Crippen LogP contribution in [0.15, 0.2) is 48.5 Å². The second-order valence-electron chi connectivity index (χ2n) is 9.11. The number of fused-ring (bicyclic) bond motifs is 3. The molecule has 8 nitrogen and oxygen atoms in total. The second kappa shape index (κ2) is 10.3. The minimum Gasteiger partial charge on any atom is -0.481 e. The number of piperidine rings is 1. The zero-order valence-corrected chi connectivity index (χ0v) is 19.1. The summed E-state index contributed by atoms with van der Waals surface area (Å²) in [5.74, 6) is -1.90. The molecule has 8 heteroatoms. The molecule has 1 aliphatic heterocycles. The first-order chi connectivity index (χ1) is 16.3. The molecule has 2 amide bonds. The third-order valence-electron chi connectivity index (χ3n) is 6.86. The number of nitrogens with zero attached hydrogens (tertiary/aromatic N) is 1. The van der Waals surface area contributed by atoms with E-state index >= 15 is 0 Å². The molecular formula is C26H30N2O6. The van der Waals surface area contributed by atoms with Gasteiger partial charge in [-0.15, -0.1) is 0 Å². The number of nitrogens with one attached hydrogen (secondary N) is 1. The van der Waals surface area contributed by atoms with Crippen molar-refractivity contribution in [3.05, 3.63) is 59.7 Å². The van der Waals surface area contributed by atoms with E-state index in [4.69, 9.17) is 4.74 Å². The van der Waals surface area contributed by atoms with Crippen molar-refractivity contribution in [1.82, 2.24) is 10.2 Å². The zero-order valence-electron chi connectivity index (χ0n) is 19.1. The van der Waals surface area contributed by atoms with Gasteiger partial charge in [-0.2, -0.15) is 0 Å². The predicted octanol–water partition coefficient (Wildman–Crippen LogP) is 2.85. The van der Waals surface area contributed by atoms with Crippen LogP contribution in [0.1, 0.15) is 36.8 Å². The Morgan fingerprint density at radius 1 is 1.09 bits per heavy atom. The van der Waals surface area contributed by atoms with Gasteiger partial charge in [-0.05, 0) is 34.6 Å². The number of carbonyl (C=O) groups excluding carboxylic acids is 2. The highest BCUT2D eigenvalue weighted by Crippen LogP contribution is 2.44. The van der Waals surface area contributed by atoms with E-state index in [1.165, 1.54) is 4.90 Å². The van der Waals surface area contributed by atoms with E-state index in [9.17, 15) is 24.6 Å². The molecule has 0 spiro atoms. The lowest BCUT2D eigenvalue weighted by Crippen LogP contribution is -2.47. The predicted molar refractivity (Wildman–Crippen MR) is 125 cm³/mol. The lowest BCUT2D eigenvalue weighted by Gasteiger charge is -2.35. The summed E-state index contributed by atoms with van der Waals surface area (Å²) >= 11 is 0. The Labute approximate surface area is 198 Å². The highest BCUT2D eigenvalue weighted by atomic mass is 16.5. The maximum absolute atomic E-state index is 12.5. The molecule has 0 saturated carbocycles. The number of likely N-dealkylation sites (tertiary alicyclic amines) is 1. The Morgan fingerprint density at radius 3 is 2.32 bits per heavy atom. The first kappa shape index (κ1) is 23.8. The van der Waals surface area contributed by atoms with Gasteiger partial charge < -0.3 is 25.2 Å². The topological polar surface area (TPSA) is 116 Å². The van der Waals surface area contributed by atoms with Gasteiger partial charge in [0, 0.05) is 25.6 Å². The summed E-state index contributed by atoms with van der Waals surface area (Å²) in [6.45, 7) is 2.51. The summed E-state index contributed by atoms with van der Waals surface area (Å²) < 4.78 is 5.44. The minimum absolute atomic E-state index is 0.00158. The number of alkyl carbamates (subject to hydrolysis) is 1. The Hall–Kier alpha value is -3.39. The molecule has 4 rings (SSSR count). The molecule has 0 bridgehead atoms. The largest absolute Gasteiger partial charge is 0.481 e. The van der Waals surface area contributed by atoms with Gasteiger partial charge in [-0.25, -0.2) is 4.79 Å². The van der Waals surface area contributed by atoms with E-state index in [-0.39, 0.29) is 43.9 Å². The SMILES string of the molecule is CC1CCN(C(=O)CC(O)CNC(=O)OCC2c3ccccc3-c3ccccc32)CC1C(=O)O. The molecule has 1 heterocycles. The fourth-order valence-corrected chi connectivity index (χ4v) is 4.87. The smallest absolute Gasteiger partial charge is 0.407 e. The number of aliphatic hydroxyl groups is 1. The van der Waals surface area contributed by atoms with Crippen molar-refractivity contribution in [3.8, 4) is 11.1 Å². The summed E-state index contributed by atoms with van der Waals surface area (Å²) in [6.07, 6.45) is -1.33. The van der Waals surface area contributed by atoms with E-state index in [2.05, 4.69) is 17.4 Å². The van der Waals surface area contributed by atoms with Gasteiger partial charge in [-0.3, -0.25) is 9.59 Å². The second-order valence-corrected chi connectivity index (χ2v) is 9.11. The standard InChI is InChI=1S/C26H30N2O6/c1-16-10-11-28(14-22(16)25(31)32)24(30)12-17(29)13-27-26(33)34-15-23-20-8-4-2-6-18(20)19-7-3-5-9-21(19)23/h2-9,16-17,22-23,29H,10-15H2,1H3,(H,27,33)(H,31,32). The Kier molecular flexibility index (Phi) is 7.17. The first-order valence-corrected chi connectivity index (χ1v) is 11.6. The molecule has 34 heavy (non-hydrogen) atoms. The van der Waals surface area contributed by atoms with Gasteiger partial charge in [-0.1, -0.05) is 55.5 Å². The molecule has 0 aromatic heterocycles. The molecule has 0 radical (unpaired) electrons. The van der Waals surface area contributed by atoms with Crippen LogP contribution < -0.4 is 5.32 Å². The Morgan fingerprint density at radius 2 is 1.71 bits per heavy atom. The van der Waals surface area contributed by atoms with Gasteiger partial charge in [0.15, 0.2) is 0 Å². The van der Waals surface area contributed by atoms with E-state index < -0.39 is 24.1 Å². The van der Waals surface area contributed by atoms with E-state index in [1.807, 2.05) is 43.3 Å². The number of carbonyl (C=O) groups is 3. The zero-order chi connectivity index (χ0) is 24.2. The quantitative estimate of drug-likeness (QED) is 0.578. The molecule has 180 valence electrons. The van der Waals surface area contributed by atoms with Crippen molar-refractivity contribution in [2.75, 3.05) is 26.2 Å². The lowest BCUT2D eigenvalue weighted by molar-refractivity contribution is -0.148. The van der Waals surface area contributed by atoms with Crippen LogP contribution >= 0.6 is 0 Å². The summed E-state index contributed by atoms with van der Waals surface area (Å²) in [5.41, 5.74) is 4.49. The van der Waals surface area contributed by atoms with Crippen LogP contribution in [0.4, 0.5) is 4.79 Å². The number of benzene rings is 2. The monoisotopic (exact) mass is 466 g/mol. The van der Waals surface area contributed by atoms with Gasteiger partial charge >= 0.3 is 12.1 Å². The van der Waals surface area contributed by atoms with Gasteiger partial charge in [0.1, 0.15) is 6.61 Å². The number of ether oxygens (including phenoxy) is 1. The molecule has 3 N–H and O–H groups in total. The number of rotatable bonds is 7. The van der Waals surface area contributed by atoms with Crippen LogP contribution in [0, 0.1) is 11.8 Å². The number of hydrogen-bond acceptors (Lipinski definition) is 5. The molecule has 1 saturated heterocycles. The third kappa shape index (κ3) is 5.07. The van der Waals surface area contributed by atoms with E-state index in [0.29, 0.717) is 13.0 Å². The van der Waals surface area contributed by atoms with E-state index in [0.717, 1.165) is 22.3 Å². The summed E-state index contributed by atoms with van der Waals surface area (Å²) in [4.78, 5) is 37.6. The number of hydrogen-bond donors (Lipinski definition) is 3. The molecule has 2 aromatic carbocycles. The maximum Gasteiger partial charge on any atom is 0.407 e. The normalized spacial score (nSPS) is 20.2. The Bertz CT molecular complexity index is 1030. The van der Waals surface area contributed by atoms with Gasteiger partial charge in [0.25, 0.3) is 0 Å². The molecule has 2 aromatic rings. The average molecular weight is 467 g/mol. The van der Waals surface area contributed by atoms with Crippen LogP contribution in [-0.2, 0) is 14.3 Å². The molecule has 3 atom stereocenters. The van der Waals surface area contributed by atoms with E-state index in [1.54, 1.807) is 0 Å². The van der Waals surface area contributed by atoms with Crippen LogP contribution in [0.3, 0.4) is 0 Å². The number of aliphatic carboxylic acids is 1. The van der Waals surface area contributed by atoms with Gasteiger partial charge in [0.05, 0.1) is 18.4 Å². The minimum atomic E-state index is -1.09. The van der Waals surface area contributed by atoms with Crippen molar-refractivity contribution in [1.29, 1.82) is 0 Å². The van der Waals surface area contributed by atoms with Crippen LogP contribution in [0.2, 0.25) is 0 Å². The fourth-order valence-electron chi connectivity index (χ4n) is 4.87. The van der Waals surface area contributed by atoms with Crippen molar-refractivity contribution in [2.24, 2.45) is 11.8 Å². The van der Waals surface area contributed by atoms with Crippen molar-refractivity contribution in [3.63, 3.8) is 0 Å². The number of amides is 2. The summed E-state index contributed by atoms with van der Waals surface area (Å²) in [6, 6.07) is 16.1. The van der Waals surface area contributed by atoms with Crippen molar-refractivity contribution >= 4 is 18.0 Å². The highest BCUT2D eigenvalue weighted by Gasteiger charge is 2.34. The fraction of sp³-hybridized carbons (Fsp3) is 0.423. The Balaban J connectivity index is 1.25. The van der Waals surface area contributed by atoms with Crippen molar-refractivity contribution in [2.45, 2.75) is 31.8 Å². The first-order valence-electron chi connectivity index (χ1n) is 11.6. The molecule has 1 aliphatic carbocycles. The number of carboxylic acids is 1. The summed E-state index contributed by atoms with van der Waals surface area (Å²) in [7, 11) is 0. The molecule has 2 aliphatic rings. The summed E-state index contributed by atoms with van der Waals surface area (Å²) in [5, 5.41) is 22.1. The lowest BCUT2D eigenvalue weighted by atomic mass is 9.87. The van der Waals surface area contributed by atoms with Crippen LogP contribution in [0.25, 0.3) is 11.1 Å². The maximum atomic E-state index is 12.5. The van der Waals surface area contributed by atoms with Crippen molar-refractivity contribution < 1.29 is 29.3 Å². The number of aliphatic hydroxyl groups excluding tert-OH is 1. The average Bonchev–Trinajstić information content (AvgIpc) is 3.15. The number of carboxylic acid groups (broad SMARTS) is 1. The molecular weight excluding hydrogens is 436 g/mol. The van der Waals surface area contributed by atoms with Gasteiger partial charge in [0.2, 0.25) is 5.91 Å². The molecule has 3 unspecified atom stereocenters. The van der Waals surface area contributed by atoms with Crippen LogP contribution in [-0.4, -0.2) is 65.4 Å².